The minimum absolute atomic E-state index is 0. The van der Waals surface area contributed by atoms with Crippen LogP contribution in [-0.2, 0) is 25.0 Å². The van der Waals surface area contributed by atoms with Gasteiger partial charge in [0.05, 0.1) is 16.2 Å². The lowest BCUT2D eigenvalue weighted by Gasteiger charge is -2.30. The van der Waals surface area contributed by atoms with Crippen LogP contribution in [0, 0.1) is 12.8 Å². The summed E-state index contributed by atoms with van der Waals surface area (Å²) in [5.74, 6) is 0.336. The van der Waals surface area contributed by atoms with Gasteiger partial charge in [0.1, 0.15) is 0 Å². The van der Waals surface area contributed by atoms with E-state index in [1.807, 2.05) is 43.3 Å². The number of benzene rings is 3. The lowest BCUT2D eigenvalue weighted by atomic mass is 9.94. The Balaban J connectivity index is 0.00000169. The first kappa shape index (κ1) is 26.3. The maximum atomic E-state index is 13.4. The van der Waals surface area contributed by atoms with E-state index in [4.69, 9.17) is 15.2 Å². The van der Waals surface area contributed by atoms with E-state index in [1.54, 1.807) is 24.3 Å². The summed E-state index contributed by atoms with van der Waals surface area (Å²) in [4.78, 5) is 25.2. The Morgan fingerprint density at radius 3 is 2.50 bits per heavy atom. The highest BCUT2D eigenvalue weighted by Gasteiger charge is 2.51. The molecule has 0 spiro atoms. The second kappa shape index (κ2) is 9.94. The summed E-state index contributed by atoms with van der Waals surface area (Å²) < 4.78 is 38.7. The van der Waals surface area contributed by atoms with Crippen LogP contribution in [0.3, 0.4) is 0 Å². The van der Waals surface area contributed by atoms with Gasteiger partial charge in [0.15, 0.2) is 11.5 Å². The number of carbonyl (C=O) groups is 2. The molecule has 2 fully saturated rings. The molecular formula is C30H37N3O6S. The second-order valence-corrected chi connectivity index (χ2v) is 12.7. The number of fused-ring (bicyclic) bond motifs is 1. The maximum absolute atomic E-state index is 13.4. The van der Waals surface area contributed by atoms with Crippen LogP contribution in [-0.4, -0.2) is 44.4 Å². The van der Waals surface area contributed by atoms with E-state index in [9.17, 15) is 18.0 Å². The van der Waals surface area contributed by atoms with E-state index in [-0.39, 0.29) is 28.4 Å². The van der Waals surface area contributed by atoms with Crippen molar-refractivity contribution in [2.75, 3.05) is 25.2 Å². The number of hydrogen-bond acceptors (Lipinski definition) is 6. The summed E-state index contributed by atoms with van der Waals surface area (Å²) in [6.07, 6.45) is 2.71. The second-order valence-electron chi connectivity index (χ2n) is 10.8. The first-order chi connectivity index (χ1) is 19.2. The lowest BCUT2D eigenvalue weighted by molar-refractivity contribution is -0.122. The molecule has 3 N–H and O–H groups in total. The summed E-state index contributed by atoms with van der Waals surface area (Å²) in [6.45, 7) is 2.62. The quantitative estimate of drug-likeness (QED) is 0.427. The van der Waals surface area contributed by atoms with Gasteiger partial charge in [-0.05, 0) is 91.3 Å². The molecular weight excluding hydrogens is 530 g/mol. The number of carbonyl (C=O) groups excluding carboxylic acids is 2. The van der Waals surface area contributed by atoms with Crippen molar-refractivity contribution >= 4 is 27.5 Å². The smallest absolute Gasteiger partial charge is 0.243 e. The first-order valence-electron chi connectivity index (χ1n) is 13.4. The molecule has 0 aromatic heterocycles. The Hall–Kier alpha value is -3.89. The summed E-state index contributed by atoms with van der Waals surface area (Å²) in [5.41, 5.74) is 9.13. The average Bonchev–Trinajstić information content (AvgIpc) is 3.64. The summed E-state index contributed by atoms with van der Waals surface area (Å²) in [6, 6.07) is 18.1. The third-order valence-electron chi connectivity index (χ3n) is 8.19. The van der Waals surface area contributed by atoms with Crippen molar-refractivity contribution < 1.29 is 31.8 Å². The molecule has 10 heteroatoms. The molecule has 6 rings (SSSR count). The van der Waals surface area contributed by atoms with Gasteiger partial charge in [-0.3, -0.25) is 9.59 Å². The summed E-state index contributed by atoms with van der Waals surface area (Å²) >= 11 is 0. The Labute approximate surface area is 237 Å². The van der Waals surface area contributed by atoms with Crippen molar-refractivity contribution in [2.24, 2.45) is 11.7 Å². The molecule has 3 aliphatic rings. The van der Waals surface area contributed by atoms with Crippen molar-refractivity contribution in [1.29, 1.82) is 0 Å². The zero-order valence-electron chi connectivity index (χ0n) is 22.2. The Morgan fingerprint density at radius 2 is 1.77 bits per heavy atom. The fraction of sp³-hybridized carbons (Fsp3) is 0.333. The number of anilines is 1. The number of nitrogens with one attached hydrogen (secondary N) is 1. The SMILES string of the molecule is Cc1ccc(NC(=O)C2(c3ccc4c(c3)OCO4)CC2)cc1-c1ccc(S(=O)(=O)N2CCCC(C(N)=O)C2)cc1.[HH].[HH].[HH]. The number of piperidine rings is 1. The molecule has 0 bridgehead atoms. The minimum atomic E-state index is -3.75. The fourth-order valence-electron chi connectivity index (χ4n) is 5.58. The minimum Gasteiger partial charge on any atom is -0.454 e. The van der Waals surface area contributed by atoms with E-state index in [0.717, 1.165) is 35.1 Å². The summed E-state index contributed by atoms with van der Waals surface area (Å²) in [7, 11) is -3.75. The Morgan fingerprint density at radius 1 is 1.02 bits per heavy atom. The van der Waals surface area contributed by atoms with Crippen molar-refractivity contribution in [3.8, 4) is 22.6 Å². The molecule has 2 heterocycles. The zero-order valence-corrected chi connectivity index (χ0v) is 23.0. The third-order valence-corrected chi connectivity index (χ3v) is 10.1. The normalized spacial score (nSPS) is 19.7. The number of ether oxygens (including phenoxy) is 2. The molecule has 1 atom stereocenters. The fourth-order valence-corrected chi connectivity index (χ4v) is 7.10. The number of nitrogens with two attached hydrogens (primary N) is 1. The number of amides is 2. The first-order valence-corrected chi connectivity index (χ1v) is 14.8. The molecule has 2 amide bonds. The Kier molecular flexibility index (Phi) is 6.54. The van der Waals surface area contributed by atoms with E-state index < -0.39 is 27.3 Å². The molecule has 3 aromatic carbocycles. The average molecular weight is 568 g/mol. The van der Waals surface area contributed by atoms with Crippen LogP contribution in [0.25, 0.3) is 11.1 Å². The number of rotatable bonds is 7. The van der Waals surface area contributed by atoms with Crippen LogP contribution in [0.5, 0.6) is 11.5 Å². The molecule has 40 heavy (non-hydrogen) atoms. The number of aryl methyl sites for hydroxylation is 1. The van der Waals surface area contributed by atoms with Gasteiger partial charge >= 0.3 is 0 Å². The Bertz CT molecular complexity index is 1610. The van der Waals surface area contributed by atoms with Crippen LogP contribution in [0.15, 0.2) is 65.6 Å². The van der Waals surface area contributed by atoms with Crippen molar-refractivity contribution in [1.82, 2.24) is 4.31 Å². The third kappa shape index (κ3) is 4.71. The topological polar surface area (TPSA) is 128 Å². The van der Waals surface area contributed by atoms with Gasteiger partial charge in [-0.1, -0.05) is 24.3 Å². The molecule has 2 aliphatic heterocycles. The number of primary amides is 1. The molecule has 214 valence electrons. The highest BCUT2D eigenvalue weighted by Crippen LogP contribution is 2.51. The number of hydrogen-bond donors (Lipinski definition) is 2. The molecule has 1 aliphatic carbocycles. The van der Waals surface area contributed by atoms with Gasteiger partial charge in [0.25, 0.3) is 0 Å². The van der Waals surface area contributed by atoms with E-state index in [1.165, 1.54) is 4.31 Å². The van der Waals surface area contributed by atoms with Gasteiger partial charge in [0, 0.05) is 23.1 Å². The van der Waals surface area contributed by atoms with Gasteiger partial charge in [0.2, 0.25) is 28.6 Å². The maximum Gasteiger partial charge on any atom is 0.243 e. The van der Waals surface area contributed by atoms with E-state index in [2.05, 4.69) is 5.32 Å². The van der Waals surface area contributed by atoms with Gasteiger partial charge in [-0.25, -0.2) is 8.42 Å². The number of nitrogens with zero attached hydrogens (tertiary/aromatic N) is 1. The van der Waals surface area contributed by atoms with Crippen LogP contribution in [0.2, 0.25) is 0 Å². The lowest BCUT2D eigenvalue weighted by Crippen LogP contribution is -2.44. The van der Waals surface area contributed by atoms with E-state index >= 15 is 0 Å². The van der Waals surface area contributed by atoms with E-state index in [0.29, 0.717) is 36.6 Å². The highest BCUT2D eigenvalue weighted by atomic mass is 32.2. The van der Waals surface area contributed by atoms with Gasteiger partial charge < -0.3 is 20.5 Å². The predicted molar refractivity (Wildman–Crippen MR) is 156 cm³/mol. The van der Waals surface area contributed by atoms with Crippen LogP contribution < -0.4 is 20.5 Å². The van der Waals surface area contributed by atoms with Gasteiger partial charge in [-0.2, -0.15) is 4.31 Å². The van der Waals surface area contributed by atoms with Crippen molar-refractivity contribution in [2.45, 2.75) is 42.9 Å². The van der Waals surface area contributed by atoms with Gasteiger partial charge in [-0.15, -0.1) is 0 Å². The molecule has 1 saturated heterocycles. The highest BCUT2D eigenvalue weighted by molar-refractivity contribution is 7.89. The van der Waals surface area contributed by atoms with Crippen LogP contribution in [0.4, 0.5) is 5.69 Å². The standard InChI is InChI=1S/C30H31N3O6S.3H2/c1-19-4-8-23(32-29(35)30(12-13-30)22-7-11-26-27(15-22)39-18-38-26)16-25(19)20-5-9-24(10-6-20)40(36,37)33-14-2-3-21(17-33)28(31)34;;;/h4-11,15-16,21H,2-3,12-14,17-18H2,1H3,(H2,31,34)(H,32,35);3*1H. The predicted octanol–water partition coefficient (Wildman–Crippen LogP) is 4.69. The monoisotopic (exact) mass is 567 g/mol. The molecule has 0 radical (unpaired) electrons. The van der Waals surface area contributed by atoms with Crippen molar-refractivity contribution in [3.05, 3.63) is 71.8 Å². The summed E-state index contributed by atoms with van der Waals surface area (Å²) in [5, 5.41) is 3.09. The molecule has 1 saturated carbocycles. The molecule has 3 aromatic rings. The van der Waals surface area contributed by atoms with Crippen molar-refractivity contribution in [3.63, 3.8) is 0 Å². The molecule has 1 unspecified atom stereocenters. The zero-order chi connectivity index (χ0) is 28.1. The number of sulfonamides is 1. The largest absolute Gasteiger partial charge is 0.454 e. The van der Waals surface area contributed by atoms with Crippen LogP contribution >= 0.6 is 0 Å². The molecule has 9 nitrogen and oxygen atoms in total. The van der Waals surface area contributed by atoms with Crippen LogP contribution in [0.1, 0.15) is 41.1 Å².